The Morgan fingerprint density at radius 2 is 2.00 bits per heavy atom. The number of carbonyl (C=O) groups excluding carboxylic acids is 2. The summed E-state index contributed by atoms with van der Waals surface area (Å²) in [5, 5.41) is 1.91. The maximum absolute atomic E-state index is 11.8. The van der Waals surface area contributed by atoms with Crippen molar-refractivity contribution >= 4 is 22.5 Å². The molecule has 0 unspecified atom stereocenters. The Balaban J connectivity index is 2.42. The molecule has 1 aromatic carbocycles. The second-order valence-electron chi connectivity index (χ2n) is 4.14. The van der Waals surface area contributed by atoms with E-state index in [9.17, 15) is 9.59 Å². The van der Waals surface area contributed by atoms with Crippen molar-refractivity contribution in [3.05, 3.63) is 41.7 Å². The van der Waals surface area contributed by atoms with Gasteiger partial charge in [-0.05, 0) is 30.4 Å². The van der Waals surface area contributed by atoms with Crippen molar-refractivity contribution in [2.24, 2.45) is 0 Å². The number of fused-ring (bicyclic) bond motifs is 1. The van der Waals surface area contributed by atoms with Crippen LogP contribution in [0.3, 0.4) is 0 Å². The summed E-state index contributed by atoms with van der Waals surface area (Å²) in [7, 11) is 0. The molecule has 0 aliphatic rings. The Kier molecular flexibility index (Phi) is 3.90. The maximum Gasteiger partial charge on any atom is 0.379 e. The Labute approximate surface area is 111 Å². The topological polar surface area (TPSA) is 56.3 Å². The molecule has 0 spiro atoms. The van der Waals surface area contributed by atoms with Crippen molar-refractivity contribution in [2.75, 3.05) is 6.61 Å². The summed E-state index contributed by atoms with van der Waals surface area (Å²) in [5.74, 6) is -1.44. The lowest BCUT2D eigenvalue weighted by atomic mass is 10.0. The summed E-state index contributed by atoms with van der Waals surface area (Å²) < 4.78 is 4.71. The van der Waals surface area contributed by atoms with Crippen molar-refractivity contribution < 1.29 is 14.3 Å². The summed E-state index contributed by atoms with van der Waals surface area (Å²) in [5.41, 5.74) is 1.45. The molecule has 4 nitrogen and oxygen atoms in total. The molecule has 0 aliphatic carbocycles. The van der Waals surface area contributed by atoms with Gasteiger partial charge in [0, 0.05) is 23.3 Å². The lowest BCUT2D eigenvalue weighted by Crippen LogP contribution is -2.17. The number of Topliss-reactive ketones (excluding diaryl/α,β-unsaturated/α-hetero) is 1. The van der Waals surface area contributed by atoms with Crippen LogP contribution < -0.4 is 0 Å². The van der Waals surface area contributed by atoms with E-state index in [-0.39, 0.29) is 6.61 Å². The molecular weight excluding hydrogens is 242 g/mol. The summed E-state index contributed by atoms with van der Waals surface area (Å²) in [6.45, 7) is 3.91. The Morgan fingerprint density at radius 3 is 2.68 bits per heavy atom. The second kappa shape index (κ2) is 5.61. The smallest absolute Gasteiger partial charge is 0.379 e. The number of aromatic nitrogens is 1. The van der Waals surface area contributed by atoms with Crippen LogP contribution in [0, 0.1) is 0 Å². The molecule has 2 rings (SSSR count). The number of pyridine rings is 1. The first kappa shape index (κ1) is 13.2. The summed E-state index contributed by atoms with van der Waals surface area (Å²) in [4.78, 5) is 27.4. The number of aryl methyl sites for hydroxylation is 1. The molecule has 0 fully saturated rings. The van der Waals surface area contributed by atoms with Crippen molar-refractivity contribution in [1.82, 2.24) is 4.98 Å². The predicted octanol–water partition coefficient (Wildman–Crippen LogP) is 2.54. The van der Waals surface area contributed by atoms with Gasteiger partial charge in [0.05, 0.1) is 6.61 Å². The van der Waals surface area contributed by atoms with Crippen molar-refractivity contribution in [3.8, 4) is 0 Å². The molecule has 4 heteroatoms. The van der Waals surface area contributed by atoms with Gasteiger partial charge in [-0.3, -0.25) is 9.78 Å². The highest BCUT2D eigenvalue weighted by Crippen LogP contribution is 2.20. The van der Waals surface area contributed by atoms with Gasteiger partial charge in [0.15, 0.2) is 0 Å². The molecule has 0 amide bonds. The van der Waals surface area contributed by atoms with Gasteiger partial charge in [-0.15, -0.1) is 0 Å². The van der Waals surface area contributed by atoms with Gasteiger partial charge in [0.2, 0.25) is 0 Å². The highest BCUT2D eigenvalue weighted by atomic mass is 16.5. The summed E-state index contributed by atoms with van der Waals surface area (Å²) >= 11 is 0. The van der Waals surface area contributed by atoms with Gasteiger partial charge in [-0.25, -0.2) is 4.79 Å². The zero-order valence-corrected chi connectivity index (χ0v) is 11.0. The molecule has 2 aromatic rings. The van der Waals surface area contributed by atoms with Crippen LogP contribution >= 0.6 is 0 Å². The van der Waals surface area contributed by atoms with Crippen LogP contribution in [0.5, 0.6) is 0 Å². The van der Waals surface area contributed by atoms with E-state index >= 15 is 0 Å². The molecule has 0 saturated heterocycles. The Hall–Kier alpha value is -2.23. The van der Waals surface area contributed by atoms with E-state index in [0.29, 0.717) is 5.56 Å². The standard InChI is InChI=1S/C15H15NO3/c1-3-10-8-16-9-12-7-11(5-6-13(10)12)14(17)15(18)19-4-2/h5-9H,3-4H2,1-2H3. The fraction of sp³-hybridized carbons (Fsp3) is 0.267. The first-order valence-corrected chi connectivity index (χ1v) is 6.25. The molecule has 0 aliphatic heterocycles. The molecule has 0 bridgehead atoms. The van der Waals surface area contributed by atoms with Gasteiger partial charge in [0.25, 0.3) is 5.78 Å². The van der Waals surface area contributed by atoms with Gasteiger partial charge in [0.1, 0.15) is 0 Å². The van der Waals surface area contributed by atoms with Crippen molar-refractivity contribution in [3.63, 3.8) is 0 Å². The molecule has 0 N–H and O–H groups in total. The van der Waals surface area contributed by atoms with E-state index in [4.69, 9.17) is 4.74 Å². The SMILES string of the molecule is CCOC(=O)C(=O)c1ccc2c(CC)cncc2c1. The fourth-order valence-electron chi connectivity index (χ4n) is 1.98. The van der Waals surface area contributed by atoms with Crippen LogP contribution in [-0.2, 0) is 16.0 Å². The molecular formula is C15H15NO3. The highest BCUT2D eigenvalue weighted by Gasteiger charge is 2.17. The number of esters is 1. The number of ether oxygens (including phenoxy) is 1. The minimum atomic E-state index is -0.818. The van der Waals surface area contributed by atoms with E-state index in [1.165, 1.54) is 0 Å². The van der Waals surface area contributed by atoms with Gasteiger partial charge < -0.3 is 4.74 Å². The third-order valence-corrected chi connectivity index (χ3v) is 2.95. The van der Waals surface area contributed by atoms with Crippen LogP contribution in [-0.4, -0.2) is 23.3 Å². The van der Waals surface area contributed by atoms with E-state index in [0.717, 1.165) is 22.8 Å². The molecule has 19 heavy (non-hydrogen) atoms. The zero-order chi connectivity index (χ0) is 13.8. The fourth-order valence-corrected chi connectivity index (χ4v) is 1.98. The predicted molar refractivity (Wildman–Crippen MR) is 72.1 cm³/mol. The lowest BCUT2D eigenvalue weighted by molar-refractivity contribution is -0.137. The van der Waals surface area contributed by atoms with E-state index in [1.807, 2.05) is 19.2 Å². The molecule has 0 atom stereocenters. The number of hydrogen-bond acceptors (Lipinski definition) is 4. The highest BCUT2D eigenvalue weighted by molar-refractivity contribution is 6.40. The van der Waals surface area contributed by atoms with E-state index in [1.54, 1.807) is 25.3 Å². The Bertz CT molecular complexity index is 634. The van der Waals surface area contributed by atoms with Gasteiger partial charge >= 0.3 is 5.97 Å². The largest absolute Gasteiger partial charge is 0.460 e. The monoisotopic (exact) mass is 257 g/mol. The average molecular weight is 257 g/mol. The molecule has 0 radical (unpaired) electrons. The Morgan fingerprint density at radius 1 is 1.21 bits per heavy atom. The third-order valence-electron chi connectivity index (χ3n) is 2.95. The van der Waals surface area contributed by atoms with Crippen LogP contribution in [0.1, 0.15) is 29.8 Å². The van der Waals surface area contributed by atoms with Crippen LogP contribution in [0.25, 0.3) is 10.8 Å². The van der Waals surface area contributed by atoms with Crippen molar-refractivity contribution in [1.29, 1.82) is 0 Å². The number of nitrogens with zero attached hydrogens (tertiary/aromatic N) is 1. The maximum atomic E-state index is 11.8. The van der Waals surface area contributed by atoms with Crippen molar-refractivity contribution in [2.45, 2.75) is 20.3 Å². The van der Waals surface area contributed by atoms with E-state index < -0.39 is 11.8 Å². The third kappa shape index (κ3) is 2.62. The van der Waals surface area contributed by atoms with Crippen LogP contribution in [0.2, 0.25) is 0 Å². The summed E-state index contributed by atoms with van der Waals surface area (Å²) in [6.07, 6.45) is 4.38. The van der Waals surface area contributed by atoms with Crippen LogP contribution in [0.15, 0.2) is 30.6 Å². The number of rotatable bonds is 4. The van der Waals surface area contributed by atoms with Gasteiger partial charge in [-0.1, -0.05) is 19.1 Å². The summed E-state index contributed by atoms with van der Waals surface area (Å²) in [6, 6.07) is 5.18. The number of benzene rings is 1. The molecule has 98 valence electrons. The van der Waals surface area contributed by atoms with E-state index in [2.05, 4.69) is 4.98 Å². The number of ketones is 1. The van der Waals surface area contributed by atoms with Gasteiger partial charge in [-0.2, -0.15) is 0 Å². The first-order chi connectivity index (χ1) is 9.17. The lowest BCUT2D eigenvalue weighted by Gasteiger charge is -2.05. The number of hydrogen-bond donors (Lipinski definition) is 0. The minimum absolute atomic E-state index is 0.194. The normalized spacial score (nSPS) is 10.4. The van der Waals surface area contributed by atoms with Crippen LogP contribution in [0.4, 0.5) is 0 Å². The second-order valence-corrected chi connectivity index (χ2v) is 4.14. The quantitative estimate of drug-likeness (QED) is 0.480. The zero-order valence-electron chi connectivity index (χ0n) is 11.0. The molecule has 1 heterocycles. The molecule has 0 saturated carbocycles. The first-order valence-electron chi connectivity index (χ1n) is 6.25. The molecule has 1 aromatic heterocycles. The average Bonchev–Trinajstić information content (AvgIpc) is 2.45. The number of carbonyl (C=O) groups is 2. The minimum Gasteiger partial charge on any atom is -0.460 e.